The topological polar surface area (TPSA) is 110 Å². The second-order valence-corrected chi connectivity index (χ2v) is 4.98. The van der Waals surface area contributed by atoms with Crippen LogP contribution in [0.4, 0.5) is 5.95 Å². The molecule has 2 aromatic rings. The largest absolute Gasteiger partial charge is 0.480 e. The quantitative estimate of drug-likeness (QED) is 0.640. The fourth-order valence-electron chi connectivity index (χ4n) is 1.88. The average Bonchev–Trinajstić information content (AvgIpc) is 2.92. The van der Waals surface area contributed by atoms with Crippen LogP contribution in [-0.2, 0) is 22.6 Å². The molecule has 1 unspecified atom stereocenters. The third-order valence-electron chi connectivity index (χ3n) is 2.97. The van der Waals surface area contributed by atoms with E-state index in [9.17, 15) is 9.59 Å². The molecule has 1 amide bonds. The van der Waals surface area contributed by atoms with E-state index in [0.29, 0.717) is 12.2 Å². The van der Waals surface area contributed by atoms with Crippen LogP contribution in [0.3, 0.4) is 0 Å². The summed E-state index contributed by atoms with van der Waals surface area (Å²) in [6.07, 6.45) is 0.524. The Labute approximate surface area is 131 Å². The number of nitrogens with zero attached hydrogens (tertiary/aromatic N) is 4. The van der Waals surface area contributed by atoms with Crippen molar-refractivity contribution in [3.8, 4) is 0 Å². The monoisotopic (exact) mass is 321 g/mol. The van der Waals surface area contributed by atoms with Gasteiger partial charge in [0.2, 0.25) is 11.9 Å². The van der Waals surface area contributed by atoms with Gasteiger partial charge in [-0.3, -0.25) is 14.9 Å². The summed E-state index contributed by atoms with van der Waals surface area (Å²) in [5, 5.41) is 21.8. The molecule has 1 aromatic carbocycles. The number of nitrogens with one attached hydrogen (secondary N) is 1. The molecule has 0 aliphatic carbocycles. The number of anilines is 1. The molecule has 2 rings (SSSR count). The SMILES string of the molecule is O=C(O)Cn1nnnc1NC(=O)C(CS)Cc1ccccc1. The van der Waals surface area contributed by atoms with Crippen molar-refractivity contribution >= 4 is 30.5 Å². The predicted molar refractivity (Wildman–Crippen MR) is 81.6 cm³/mol. The zero-order valence-electron chi connectivity index (χ0n) is 11.6. The lowest BCUT2D eigenvalue weighted by Gasteiger charge is -2.14. The number of carboxylic acids is 1. The van der Waals surface area contributed by atoms with Gasteiger partial charge in [-0.25, -0.2) is 4.68 Å². The summed E-state index contributed by atoms with van der Waals surface area (Å²) in [6.45, 7) is -0.424. The first-order valence-electron chi connectivity index (χ1n) is 6.53. The number of tetrazole rings is 1. The zero-order valence-corrected chi connectivity index (χ0v) is 12.5. The molecule has 22 heavy (non-hydrogen) atoms. The van der Waals surface area contributed by atoms with Gasteiger partial charge >= 0.3 is 5.97 Å². The van der Waals surface area contributed by atoms with Crippen LogP contribution < -0.4 is 5.32 Å². The van der Waals surface area contributed by atoms with E-state index in [1.165, 1.54) is 0 Å². The Balaban J connectivity index is 2.03. The molecule has 116 valence electrons. The fourth-order valence-corrected chi connectivity index (χ4v) is 2.17. The van der Waals surface area contributed by atoms with Crippen LogP contribution in [0.1, 0.15) is 5.56 Å². The normalized spacial score (nSPS) is 11.9. The summed E-state index contributed by atoms with van der Waals surface area (Å²) >= 11 is 4.20. The number of thiol groups is 1. The molecule has 1 aromatic heterocycles. The van der Waals surface area contributed by atoms with Crippen molar-refractivity contribution < 1.29 is 14.7 Å². The van der Waals surface area contributed by atoms with Gasteiger partial charge in [-0.15, -0.1) is 0 Å². The number of carbonyl (C=O) groups is 2. The highest BCUT2D eigenvalue weighted by molar-refractivity contribution is 7.80. The molecule has 0 fully saturated rings. The summed E-state index contributed by atoms with van der Waals surface area (Å²) in [7, 11) is 0. The Kier molecular flexibility index (Phi) is 5.48. The Morgan fingerprint density at radius 3 is 2.68 bits per heavy atom. The smallest absolute Gasteiger partial charge is 0.325 e. The standard InChI is InChI=1S/C13H15N5O3S/c19-11(20)7-18-13(15-16-17-18)14-12(21)10(8-22)6-9-4-2-1-3-5-9/h1-5,10,22H,6-8H2,(H,19,20)(H,14,15,17,21). The van der Waals surface area contributed by atoms with Crippen LogP contribution in [0, 0.1) is 5.92 Å². The molecule has 0 aliphatic rings. The first kappa shape index (κ1) is 16.0. The van der Waals surface area contributed by atoms with Gasteiger partial charge in [0.15, 0.2) is 0 Å². The maximum absolute atomic E-state index is 12.3. The van der Waals surface area contributed by atoms with E-state index in [-0.39, 0.29) is 17.8 Å². The highest BCUT2D eigenvalue weighted by atomic mass is 32.1. The molecular formula is C13H15N5O3S. The molecule has 0 radical (unpaired) electrons. The van der Waals surface area contributed by atoms with E-state index in [4.69, 9.17) is 5.11 Å². The van der Waals surface area contributed by atoms with Crippen LogP contribution in [0.15, 0.2) is 30.3 Å². The van der Waals surface area contributed by atoms with Crippen molar-refractivity contribution in [3.63, 3.8) is 0 Å². The number of carbonyl (C=O) groups excluding carboxylic acids is 1. The Bertz CT molecular complexity index is 646. The molecule has 1 atom stereocenters. The minimum Gasteiger partial charge on any atom is -0.480 e. The van der Waals surface area contributed by atoms with E-state index in [2.05, 4.69) is 33.5 Å². The number of amides is 1. The molecule has 0 aliphatic heterocycles. The highest BCUT2D eigenvalue weighted by Gasteiger charge is 2.20. The predicted octanol–water partition coefficient (Wildman–Crippen LogP) is 0.485. The lowest BCUT2D eigenvalue weighted by molar-refractivity contribution is -0.138. The molecule has 2 N–H and O–H groups in total. The van der Waals surface area contributed by atoms with Crippen molar-refractivity contribution in [1.82, 2.24) is 20.2 Å². The minimum absolute atomic E-state index is 0.00671. The van der Waals surface area contributed by atoms with Gasteiger partial charge in [-0.2, -0.15) is 12.6 Å². The molecule has 8 nitrogen and oxygen atoms in total. The van der Waals surface area contributed by atoms with Gasteiger partial charge < -0.3 is 5.11 Å². The first-order chi connectivity index (χ1) is 10.6. The van der Waals surface area contributed by atoms with Crippen molar-refractivity contribution in [2.45, 2.75) is 13.0 Å². The van der Waals surface area contributed by atoms with Crippen LogP contribution >= 0.6 is 12.6 Å². The molecule has 0 spiro atoms. The summed E-state index contributed by atoms with van der Waals surface area (Å²) in [4.78, 5) is 23.0. The fraction of sp³-hybridized carbons (Fsp3) is 0.308. The number of benzene rings is 1. The van der Waals surface area contributed by atoms with Gasteiger partial charge in [0.1, 0.15) is 6.54 Å². The summed E-state index contributed by atoms with van der Waals surface area (Å²) in [6, 6.07) is 9.56. The molecule has 0 saturated heterocycles. The number of carboxylic acid groups (broad SMARTS) is 1. The van der Waals surface area contributed by atoms with Crippen LogP contribution in [0.5, 0.6) is 0 Å². The lowest BCUT2D eigenvalue weighted by atomic mass is 10.0. The van der Waals surface area contributed by atoms with Gasteiger partial charge in [0.05, 0.1) is 5.92 Å². The maximum Gasteiger partial charge on any atom is 0.325 e. The average molecular weight is 321 g/mol. The second-order valence-electron chi connectivity index (χ2n) is 4.61. The molecule has 1 heterocycles. The lowest BCUT2D eigenvalue weighted by Crippen LogP contribution is -2.28. The summed E-state index contributed by atoms with van der Waals surface area (Å²) in [5.41, 5.74) is 1.02. The van der Waals surface area contributed by atoms with Crippen molar-refractivity contribution in [1.29, 1.82) is 0 Å². The molecule has 0 saturated carbocycles. The summed E-state index contributed by atoms with van der Waals surface area (Å²) < 4.78 is 1.01. The van der Waals surface area contributed by atoms with E-state index in [1.54, 1.807) is 0 Å². The summed E-state index contributed by atoms with van der Waals surface area (Å²) in [5.74, 6) is -1.42. The van der Waals surface area contributed by atoms with E-state index in [1.807, 2.05) is 30.3 Å². The number of aliphatic carboxylic acids is 1. The Hall–Kier alpha value is -2.42. The Morgan fingerprint density at radius 1 is 1.32 bits per heavy atom. The number of aromatic nitrogens is 4. The molecule has 9 heteroatoms. The zero-order chi connectivity index (χ0) is 15.9. The second kappa shape index (κ2) is 7.55. The van der Waals surface area contributed by atoms with Gasteiger partial charge in [-0.1, -0.05) is 35.4 Å². The number of hydrogen-bond donors (Lipinski definition) is 3. The van der Waals surface area contributed by atoms with E-state index >= 15 is 0 Å². The van der Waals surface area contributed by atoms with Gasteiger partial charge in [0, 0.05) is 5.75 Å². The van der Waals surface area contributed by atoms with Gasteiger partial charge in [-0.05, 0) is 22.4 Å². The third-order valence-corrected chi connectivity index (χ3v) is 3.41. The van der Waals surface area contributed by atoms with E-state index in [0.717, 1.165) is 10.2 Å². The highest BCUT2D eigenvalue weighted by Crippen LogP contribution is 2.13. The van der Waals surface area contributed by atoms with Gasteiger partial charge in [0.25, 0.3) is 0 Å². The molecule has 0 bridgehead atoms. The maximum atomic E-state index is 12.3. The molecular weight excluding hydrogens is 306 g/mol. The van der Waals surface area contributed by atoms with Crippen LogP contribution in [0.25, 0.3) is 0 Å². The number of hydrogen-bond acceptors (Lipinski definition) is 6. The minimum atomic E-state index is -1.10. The van der Waals surface area contributed by atoms with Crippen molar-refractivity contribution in [2.75, 3.05) is 11.1 Å². The third kappa shape index (κ3) is 4.29. The van der Waals surface area contributed by atoms with Crippen molar-refractivity contribution in [3.05, 3.63) is 35.9 Å². The van der Waals surface area contributed by atoms with Crippen LogP contribution in [0.2, 0.25) is 0 Å². The van der Waals surface area contributed by atoms with Crippen molar-refractivity contribution in [2.24, 2.45) is 5.92 Å². The Morgan fingerprint density at radius 2 is 2.05 bits per heavy atom. The van der Waals surface area contributed by atoms with E-state index < -0.39 is 12.5 Å². The van der Waals surface area contributed by atoms with Crippen LogP contribution in [-0.4, -0.2) is 42.9 Å². The first-order valence-corrected chi connectivity index (χ1v) is 7.17. The number of rotatable bonds is 7.